The zero-order valence-corrected chi connectivity index (χ0v) is 15.2. The Hall–Kier alpha value is -2.10. The molecule has 0 saturated carbocycles. The van der Waals surface area contributed by atoms with Crippen molar-refractivity contribution in [1.29, 1.82) is 0 Å². The average Bonchev–Trinajstić information content (AvgIpc) is 2.94. The summed E-state index contributed by atoms with van der Waals surface area (Å²) in [5.41, 5.74) is 3.22. The van der Waals surface area contributed by atoms with E-state index in [0.29, 0.717) is 19.5 Å². The molecule has 1 aromatic carbocycles. The molecule has 0 N–H and O–H groups in total. The molecule has 1 unspecified atom stereocenters. The van der Waals surface area contributed by atoms with Crippen molar-refractivity contribution < 1.29 is 9.63 Å². The van der Waals surface area contributed by atoms with E-state index in [4.69, 9.17) is 4.84 Å². The van der Waals surface area contributed by atoms with Crippen molar-refractivity contribution in [3.63, 3.8) is 0 Å². The predicted molar refractivity (Wildman–Crippen MR) is 98.1 cm³/mol. The summed E-state index contributed by atoms with van der Waals surface area (Å²) in [6.07, 6.45) is 2.90. The number of carbonyl (C=O) groups excluding carboxylic acids is 1. The van der Waals surface area contributed by atoms with Gasteiger partial charge in [0.05, 0.1) is 12.3 Å². The van der Waals surface area contributed by atoms with Gasteiger partial charge in [0, 0.05) is 19.4 Å². The Morgan fingerprint density at radius 3 is 2.62 bits per heavy atom. The Labute approximate surface area is 145 Å². The van der Waals surface area contributed by atoms with Crippen molar-refractivity contribution in [2.45, 2.75) is 46.6 Å². The van der Waals surface area contributed by atoms with Crippen molar-refractivity contribution in [3.05, 3.63) is 48.0 Å². The normalized spacial score (nSPS) is 17.2. The van der Waals surface area contributed by atoms with Crippen molar-refractivity contribution in [2.24, 2.45) is 10.6 Å². The van der Waals surface area contributed by atoms with Gasteiger partial charge >= 0.3 is 0 Å². The summed E-state index contributed by atoms with van der Waals surface area (Å²) in [4.78, 5) is 19.9. The van der Waals surface area contributed by atoms with Crippen LogP contribution in [0.4, 0.5) is 0 Å². The van der Waals surface area contributed by atoms with Crippen molar-refractivity contribution in [3.8, 4) is 0 Å². The molecule has 0 aliphatic carbocycles. The van der Waals surface area contributed by atoms with E-state index < -0.39 is 0 Å². The molecule has 1 aliphatic rings. The molecular formula is C20H28N2O2. The minimum Gasteiger partial charge on any atom is -0.390 e. The summed E-state index contributed by atoms with van der Waals surface area (Å²) in [6, 6.07) is 8.27. The van der Waals surface area contributed by atoms with Gasteiger partial charge in [-0.25, -0.2) is 0 Å². The van der Waals surface area contributed by atoms with Crippen molar-refractivity contribution in [1.82, 2.24) is 4.90 Å². The van der Waals surface area contributed by atoms with E-state index in [1.165, 1.54) is 5.56 Å². The fourth-order valence-electron chi connectivity index (χ4n) is 2.69. The first-order valence-electron chi connectivity index (χ1n) is 8.47. The van der Waals surface area contributed by atoms with Crippen LogP contribution >= 0.6 is 0 Å². The number of aryl methyl sites for hydroxylation is 1. The van der Waals surface area contributed by atoms with Gasteiger partial charge in [-0.3, -0.25) is 4.79 Å². The summed E-state index contributed by atoms with van der Waals surface area (Å²) < 4.78 is 0. The Morgan fingerprint density at radius 2 is 2.04 bits per heavy atom. The molecule has 1 aromatic rings. The van der Waals surface area contributed by atoms with Crippen LogP contribution in [0.25, 0.3) is 0 Å². The molecular weight excluding hydrogens is 300 g/mol. The zero-order valence-electron chi connectivity index (χ0n) is 15.2. The molecule has 4 nitrogen and oxygen atoms in total. The number of hydrogen-bond acceptors (Lipinski definition) is 3. The highest BCUT2D eigenvalue weighted by atomic mass is 16.6. The summed E-state index contributed by atoms with van der Waals surface area (Å²) in [7, 11) is 0. The maximum atomic E-state index is 12.5. The lowest BCUT2D eigenvalue weighted by Crippen LogP contribution is -2.39. The fraction of sp³-hybridized carbons (Fsp3) is 0.500. The molecule has 0 radical (unpaired) electrons. The van der Waals surface area contributed by atoms with Crippen LogP contribution in [0.15, 0.2) is 42.1 Å². The van der Waals surface area contributed by atoms with Crippen LogP contribution in [-0.2, 0) is 9.63 Å². The van der Waals surface area contributed by atoms with Crippen LogP contribution in [0.3, 0.4) is 0 Å². The molecule has 1 aliphatic heterocycles. The molecule has 0 fully saturated rings. The highest BCUT2D eigenvalue weighted by molar-refractivity contribution is 6.01. The monoisotopic (exact) mass is 328 g/mol. The quantitative estimate of drug-likeness (QED) is 0.742. The maximum absolute atomic E-state index is 12.5. The zero-order chi connectivity index (χ0) is 17.7. The second kappa shape index (κ2) is 7.65. The van der Waals surface area contributed by atoms with Gasteiger partial charge in [0.25, 0.3) is 0 Å². The van der Waals surface area contributed by atoms with Gasteiger partial charge in [-0.2, -0.15) is 0 Å². The molecule has 1 atom stereocenters. The van der Waals surface area contributed by atoms with Crippen LogP contribution in [0, 0.1) is 12.3 Å². The first-order chi connectivity index (χ1) is 11.3. The third-order valence-electron chi connectivity index (χ3n) is 3.93. The molecule has 1 heterocycles. The Bertz CT molecular complexity index is 612. The number of carbonyl (C=O) groups is 1. The smallest absolute Gasteiger partial charge is 0.223 e. The number of benzene rings is 1. The first-order valence-corrected chi connectivity index (χ1v) is 8.47. The van der Waals surface area contributed by atoms with E-state index in [1.54, 1.807) is 6.08 Å². The van der Waals surface area contributed by atoms with E-state index in [-0.39, 0.29) is 17.4 Å². The lowest BCUT2D eigenvalue weighted by molar-refractivity contribution is -0.134. The second-order valence-corrected chi connectivity index (χ2v) is 7.66. The standard InChI is InChI=1S/C20H28N2O2/c1-6-11-22(19(23)13-20(3,4)5)14-17-12-18(21-24-17)16-9-7-15(2)8-10-16/h6-10,17H,1,11-14H2,2-5H3. The third kappa shape index (κ3) is 5.22. The number of amides is 1. The van der Waals surface area contributed by atoms with Crippen molar-refractivity contribution in [2.75, 3.05) is 13.1 Å². The Morgan fingerprint density at radius 1 is 1.38 bits per heavy atom. The minimum absolute atomic E-state index is 0.0312. The molecule has 24 heavy (non-hydrogen) atoms. The maximum Gasteiger partial charge on any atom is 0.223 e. The molecule has 0 spiro atoms. The van der Waals surface area contributed by atoms with Gasteiger partial charge in [-0.15, -0.1) is 6.58 Å². The number of nitrogens with zero attached hydrogens (tertiary/aromatic N) is 2. The minimum atomic E-state index is -0.0924. The van der Waals surface area contributed by atoms with Crippen LogP contribution in [-0.4, -0.2) is 35.7 Å². The number of hydrogen-bond donors (Lipinski definition) is 0. The highest BCUT2D eigenvalue weighted by Gasteiger charge is 2.27. The van der Waals surface area contributed by atoms with Crippen LogP contribution in [0.5, 0.6) is 0 Å². The second-order valence-electron chi connectivity index (χ2n) is 7.66. The molecule has 0 bridgehead atoms. The van der Waals surface area contributed by atoms with E-state index in [1.807, 2.05) is 4.90 Å². The van der Waals surface area contributed by atoms with Gasteiger partial charge in [0.1, 0.15) is 0 Å². The molecule has 4 heteroatoms. The van der Waals surface area contributed by atoms with Crippen LogP contribution < -0.4 is 0 Å². The number of oxime groups is 1. The van der Waals surface area contributed by atoms with E-state index >= 15 is 0 Å². The largest absolute Gasteiger partial charge is 0.390 e. The lowest BCUT2D eigenvalue weighted by atomic mass is 9.91. The molecule has 2 rings (SSSR count). The van der Waals surface area contributed by atoms with E-state index in [0.717, 1.165) is 17.7 Å². The van der Waals surface area contributed by atoms with Crippen molar-refractivity contribution >= 4 is 11.6 Å². The Balaban J connectivity index is 1.96. The van der Waals surface area contributed by atoms with Gasteiger partial charge in [-0.1, -0.05) is 61.8 Å². The lowest BCUT2D eigenvalue weighted by Gasteiger charge is -2.27. The van der Waals surface area contributed by atoms with E-state index in [9.17, 15) is 4.79 Å². The van der Waals surface area contributed by atoms with Crippen LogP contribution in [0.1, 0.15) is 44.7 Å². The first kappa shape index (κ1) is 18.2. The summed E-state index contributed by atoms with van der Waals surface area (Å²) in [6.45, 7) is 13.1. The predicted octanol–water partition coefficient (Wildman–Crippen LogP) is 3.94. The molecule has 0 aromatic heterocycles. The summed E-state index contributed by atoms with van der Waals surface area (Å²) in [5.74, 6) is 0.134. The fourth-order valence-corrected chi connectivity index (χ4v) is 2.69. The average molecular weight is 328 g/mol. The van der Waals surface area contributed by atoms with Gasteiger partial charge in [0.15, 0.2) is 6.10 Å². The number of rotatable bonds is 6. The SMILES string of the molecule is C=CCN(CC1CC(c2ccc(C)cc2)=NO1)C(=O)CC(C)(C)C. The molecule has 1 amide bonds. The van der Waals surface area contributed by atoms with Gasteiger partial charge in [0.2, 0.25) is 5.91 Å². The summed E-state index contributed by atoms with van der Waals surface area (Å²) in [5, 5.41) is 4.22. The summed E-state index contributed by atoms with van der Waals surface area (Å²) >= 11 is 0. The van der Waals surface area contributed by atoms with Crippen LogP contribution in [0.2, 0.25) is 0 Å². The highest BCUT2D eigenvalue weighted by Crippen LogP contribution is 2.22. The van der Waals surface area contributed by atoms with E-state index in [2.05, 4.69) is 63.7 Å². The third-order valence-corrected chi connectivity index (χ3v) is 3.93. The topological polar surface area (TPSA) is 41.9 Å². The van der Waals surface area contributed by atoms with Gasteiger partial charge < -0.3 is 9.74 Å². The Kier molecular flexibility index (Phi) is 5.81. The molecule has 130 valence electrons. The molecule has 0 saturated heterocycles. The van der Waals surface area contributed by atoms with Gasteiger partial charge in [-0.05, 0) is 17.9 Å².